The summed E-state index contributed by atoms with van der Waals surface area (Å²) in [6.45, 7) is 3.77. The van der Waals surface area contributed by atoms with E-state index in [0.29, 0.717) is 11.3 Å². The molecule has 0 fully saturated rings. The largest absolute Gasteiger partial charge is 0.484 e. The number of hydrogen-bond donors (Lipinski definition) is 1. The van der Waals surface area contributed by atoms with Crippen molar-refractivity contribution in [1.82, 2.24) is 5.43 Å². The second-order valence-electron chi connectivity index (χ2n) is 7.09. The van der Waals surface area contributed by atoms with Crippen LogP contribution in [0.2, 0.25) is 0 Å². The number of amides is 1. The first-order valence-electron chi connectivity index (χ1n) is 9.90. The molecule has 3 aromatic rings. The molecular formula is C24H21N3O6. The zero-order chi connectivity index (χ0) is 23.8. The topological polar surface area (TPSA) is 120 Å². The first-order chi connectivity index (χ1) is 15.8. The maximum atomic E-state index is 12.2. The number of non-ortho nitro benzene ring substituents is 1. The molecule has 0 saturated heterocycles. The summed E-state index contributed by atoms with van der Waals surface area (Å²) in [5.41, 5.74) is 5.22. The summed E-state index contributed by atoms with van der Waals surface area (Å²) < 4.78 is 10.7. The molecule has 33 heavy (non-hydrogen) atoms. The molecule has 168 valence electrons. The van der Waals surface area contributed by atoms with Gasteiger partial charge in [0, 0.05) is 12.1 Å². The molecule has 0 aliphatic rings. The van der Waals surface area contributed by atoms with E-state index in [1.165, 1.54) is 30.5 Å². The summed E-state index contributed by atoms with van der Waals surface area (Å²) >= 11 is 0. The van der Waals surface area contributed by atoms with Gasteiger partial charge in [0.15, 0.2) is 6.61 Å². The Morgan fingerprint density at radius 3 is 2.45 bits per heavy atom. The molecule has 0 bridgehead atoms. The molecule has 0 spiro atoms. The van der Waals surface area contributed by atoms with Crippen LogP contribution in [0.1, 0.15) is 27.0 Å². The zero-order valence-corrected chi connectivity index (χ0v) is 18.0. The number of nitro groups is 1. The molecule has 0 heterocycles. The van der Waals surface area contributed by atoms with Gasteiger partial charge >= 0.3 is 5.97 Å². The van der Waals surface area contributed by atoms with E-state index in [4.69, 9.17) is 9.47 Å². The van der Waals surface area contributed by atoms with E-state index in [1.54, 1.807) is 30.3 Å². The third-order valence-electron chi connectivity index (χ3n) is 4.63. The van der Waals surface area contributed by atoms with E-state index in [9.17, 15) is 19.7 Å². The van der Waals surface area contributed by atoms with Gasteiger partial charge in [-0.05, 0) is 66.9 Å². The van der Waals surface area contributed by atoms with E-state index < -0.39 is 16.8 Å². The lowest BCUT2D eigenvalue weighted by Crippen LogP contribution is -2.24. The molecular weight excluding hydrogens is 426 g/mol. The molecule has 0 unspecified atom stereocenters. The summed E-state index contributed by atoms with van der Waals surface area (Å²) in [6.07, 6.45) is 1.40. The van der Waals surface area contributed by atoms with Crippen molar-refractivity contribution in [3.8, 4) is 11.5 Å². The van der Waals surface area contributed by atoms with E-state index in [0.717, 1.165) is 11.1 Å². The minimum Gasteiger partial charge on any atom is -0.484 e. The number of nitrogens with zero attached hydrogens (tertiary/aromatic N) is 2. The highest BCUT2D eigenvalue weighted by molar-refractivity contribution is 5.91. The number of carbonyl (C=O) groups excluding carboxylic acids is 2. The minimum absolute atomic E-state index is 0.119. The highest BCUT2D eigenvalue weighted by atomic mass is 16.6. The minimum atomic E-state index is -0.657. The van der Waals surface area contributed by atoms with E-state index in [2.05, 4.69) is 10.5 Å². The SMILES string of the molecule is Cc1ccc(OCC(=O)NN=Cc2cccc(OC(=O)c3ccc([N+](=O)[O-])cc3)c2)cc1C. The molecule has 0 aromatic heterocycles. The molecule has 0 radical (unpaired) electrons. The van der Waals surface area contributed by atoms with E-state index in [-0.39, 0.29) is 23.6 Å². The van der Waals surface area contributed by atoms with E-state index >= 15 is 0 Å². The average molecular weight is 447 g/mol. The van der Waals surface area contributed by atoms with Gasteiger partial charge in [-0.2, -0.15) is 5.10 Å². The molecule has 1 N–H and O–H groups in total. The van der Waals surface area contributed by atoms with Crippen molar-refractivity contribution >= 4 is 23.8 Å². The fourth-order valence-corrected chi connectivity index (χ4v) is 2.71. The Kier molecular flexibility index (Phi) is 7.48. The number of hydrogen-bond acceptors (Lipinski definition) is 7. The lowest BCUT2D eigenvalue weighted by atomic mass is 10.1. The van der Waals surface area contributed by atoms with Crippen LogP contribution in [0.15, 0.2) is 71.8 Å². The number of esters is 1. The summed E-state index contributed by atoms with van der Waals surface area (Å²) in [7, 11) is 0. The second kappa shape index (κ2) is 10.7. The van der Waals surface area contributed by atoms with E-state index in [1.807, 2.05) is 26.0 Å². The van der Waals surface area contributed by atoms with Crippen molar-refractivity contribution in [3.05, 3.63) is 99.1 Å². The van der Waals surface area contributed by atoms with Crippen LogP contribution in [0, 0.1) is 24.0 Å². The first-order valence-corrected chi connectivity index (χ1v) is 9.90. The van der Waals surface area contributed by atoms with Crippen LogP contribution >= 0.6 is 0 Å². The van der Waals surface area contributed by atoms with Crippen LogP contribution in [0.5, 0.6) is 11.5 Å². The van der Waals surface area contributed by atoms with Gasteiger partial charge in [-0.1, -0.05) is 18.2 Å². The molecule has 3 rings (SSSR count). The quantitative estimate of drug-likeness (QED) is 0.183. The number of nitrogens with one attached hydrogen (secondary N) is 1. The van der Waals surface area contributed by atoms with Crippen molar-refractivity contribution in [3.63, 3.8) is 0 Å². The highest BCUT2D eigenvalue weighted by Crippen LogP contribution is 2.17. The van der Waals surface area contributed by atoms with Gasteiger partial charge in [0.2, 0.25) is 0 Å². The maximum absolute atomic E-state index is 12.2. The molecule has 9 heteroatoms. The Labute approximate surface area is 189 Å². The van der Waals surface area contributed by atoms with Crippen molar-refractivity contribution in [1.29, 1.82) is 0 Å². The third-order valence-corrected chi connectivity index (χ3v) is 4.63. The average Bonchev–Trinajstić information content (AvgIpc) is 2.80. The standard InChI is InChI=1S/C24H21N3O6/c1-16-6-11-21(12-17(16)2)32-15-23(28)26-25-14-18-4-3-5-22(13-18)33-24(29)19-7-9-20(10-8-19)27(30)31/h3-14H,15H2,1-2H3,(H,26,28). The van der Waals surface area contributed by atoms with Crippen molar-refractivity contribution in [2.45, 2.75) is 13.8 Å². The number of ether oxygens (including phenoxy) is 2. The number of carbonyl (C=O) groups is 2. The molecule has 0 atom stereocenters. The van der Waals surface area contributed by atoms with Crippen LogP contribution in [-0.2, 0) is 4.79 Å². The van der Waals surface area contributed by atoms with Crippen LogP contribution in [0.25, 0.3) is 0 Å². The van der Waals surface area contributed by atoms with Gasteiger partial charge in [0.25, 0.3) is 11.6 Å². The Balaban J connectivity index is 1.52. The van der Waals surface area contributed by atoms with Gasteiger partial charge in [-0.3, -0.25) is 14.9 Å². The lowest BCUT2D eigenvalue weighted by molar-refractivity contribution is -0.384. The first kappa shape index (κ1) is 23.1. The van der Waals surface area contributed by atoms with Gasteiger partial charge in [-0.25, -0.2) is 10.2 Å². The molecule has 3 aromatic carbocycles. The normalized spacial score (nSPS) is 10.6. The molecule has 0 aliphatic carbocycles. The summed E-state index contributed by atoms with van der Waals surface area (Å²) in [5.74, 6) is -0.229. The summed E-state index contributed by atoms with van der Waals surface area (Å²) in [6, 6.07) is 17.2. The van der Waals surface area contributed by atoms with Crippen molar-refractivity contribution in [2.75, 3.05) is 6.61 Å². The fraction of sp³-hybridized carbons (Fsp3) is 0.125. The number of hydrazone groups is 1. The monoisotopic (exact) mass is 447 g/mol. The highest BCUT2D eigenvalue weighted by Gasteiger charge is 2.11. The van der Waals surface area contributed by atoms with Crippen molar-refractivity contribution < 1.29 is 24.0 Å². The molecule has 1 amide bonds. The van der Waals surface area contributed by atoms with Gasteiger partial charge in [0.1, 0.15) is 11.5 Å². The van der Waals surface area contributed by atoms with Gasteiger partial charge in [0.05, 0.1) is 16.7 Å². The zero-order valence-electron chi connectivity index (χ0n) is 18.0. The predicted octanol–water partition coefficient (Wildman–Crippen LogP) is 3.96. The Bertz CT molecular complexity index is 1210. The Morgan fingerprint density at radius 1 is 1.00 bits per heavy atom. The lowest BCUT2D eigenvalue weighted by Gasteiger charge is -2.07. The molecule has 0 aliphatic heterocycles. The molecule has 9 nitrogen and oxygen atoms in total. The maximum Gasteiger partial charge on any atom is 0.343 e. The number of benzene rings is 3. The van der Waals surface area contributed by atoms with Crippen LogP contribution in [0.3, 0.4) is 0 Å². The number of rotatable bonds is 8. The van der Waals surface area contributed by atoms with Crippen LogP contribution < -0.4 is 14.9 Å². The smallest absolute Gasteiger partial charge is 0.343 e. The Morgan fingerprint density at radius 2 is 1.76 bits per heavy atom. The van der Waals surface area contributed by atoms with Crippen LogP contribution in [0.4, 0.5) is 5.69 Å². The summed E-state index contributed by atoms with van der Waals surface area (Å²) in [4.78, 5) is 34.3. The second-order valence-corrected chi connectivity index (χ2v) is 7.09. The number of nitro benzene ring substituents is 1. The summed E-state index contributed by atoms with van der Waals surface area (Å²) in [5, 5.41) is 14.6. The number of aryl methyl sites for hydroxylation is 2. The fourth-order valence-electron chi connectivity index (χ4n) is 2.71. The third kappa shape index (κ3) is 6.73. The van der Waals surface area contributed by atoms with Crippen LogP contribution in [-0.4, -0.2) is 29.6 Å². The van der Waals surface area contributed by atoms with Crippen molar-refractivity contribution in [2.24, 2.45) is 5.10 Å². The predicted molar refractivity (Wildman–Crippen MR) is 122 cm³/mol. The molecule has 0 saturated carbocycles. The Hall–Kier alpha value is -4.53. The van der Waals surface area contributed by atoms with Gasteiger partial charge < -0.3 is 9.47 Å². The van der Waals surface area contributed by atoms with Gasteiger partial charge in [-0.15, -0.1) is 0 Å².